The molecule has 0 radical (unpaired) electrons. The third-order valence-corrected chi connectivity index (χ3v) is 7.02. The molecule has 1 aliphatic carbocycles. The summed E-state index contributed by atoms with van der Waals surface area (Å²) in [5, 5.41) is -0.000831. The van der Waals surface area contributed by atoms with Crippen LogP contribution in [-0.4, -0.2) is 49.1 Å². The number of esters is 2. The molecule has 0 spiro atoms. The molecular weight excluding hydrogens is 520 g/mol. The van der Waals surface area contributed by atoms with E-state index in [0.29, 0.717) is 30.6 Å². The van der Waals surface area contributed by atoms with E-state index < -0.39 is 35.5 Å². The predicted octanol–water partition coefficient (Wildman–Crippen LogP) is 5.45. The minimum Gasteiger partial charge on any atom is -0.468 e. The lowest BCUT2D eigenvalue weighted by molar-refractivity contribution is -0.140. The van der Waals surface area contributed by atoms with Gasteiger partial charge in [-0.1, -0.05) is 31.4 Å². The molecule has 2 rings (SSSR count). The lowest BCUT2D eigenvalue weighted by Crippen LogP contribution is -2.40. The number of carbonyl (C=O) groups excluding carboxylic acids is 4. The number of carbonyl (C=O) groups is 4. The van der Waals surface area contributed by atoms with Gasteiger partial charge >= 0.3 is 11.9 Å². The van der Waals surface area contributed by atoms with E-state index >= 15 is 0 Å². The van der Waals surface area contributed by atoms with E-state index in [0.717, 1.165) is 30.7 Å². The van der Waals surface area contributed by atoms with E-state index in [1.807, 2.05) is 6.92 Å². The van der Waals surface area contributed by atoms with Crippen LogP contribution >= 0.6 is 35.0 Å². The highest BCUT2D eigenvalue weighted by Gasteiger charge is 2.33. The molecule has 1 aromatic rings. The second kappa shape index (κ2) is 14.5. The molecule has 0 saturated heterocycles. The van der Waals surface area contributed by atoms with Crippen LogP contribution in [0.3, 0.4) is 0 Å². The molecule has 0 fully saturated rings. The van der Waals surface area contributed by atoms with Crippen molar-refractivity contribution in [3.8, 4) is 0 Å². The van der Waals surface area contributed by atoms with Crippen molar-refractivity contribution in [1.82, 2.24) is 0 Å². The molecule has 0 aliphatic heterocycles. The number of hydrogen-bond acceptors (Lipinski definition) is 7. The highest BCUT2D eigenvalue weighted by molar-refractivity contribution is 8.00. The average molecular weight is 548 g/mol. The second-order valence-electron chi connectivity index (χ2n) is 7.77. The fraction of sp³-hybridized carbons (Fsp3) is 0.500. The Kier molecular flexibility index (Phi) is 12.0. The van der Waals surface area contributed by atoms with Crippen molar-refractivity contribution in [2.45, 2.75) is 56.8 Å². The number of hydrogen-bond donors (Lipinski definition) is 0. The van der Waals surface area contributed by atoms with Crippen LogP contribution in [0.25, 0.3) is 0 Å². The minimum atomic E-state index is -0.927. The number of imide groups is 1. The summed E-state index contributed by atoms with van der Waals surface area (Å²) in [7, 11) is 1.23. The van der Waals surface area contributed by atoms with Crippen LogP contribution in [0.4, 0.5) is 10.1 Å². The highest BCUT2D eigenvalue weighted by atomic mass is 35.5. The SMILES string of the molecule is CCCCCOC(=O)C1=C(C(=O)N(C(=O)CCl)c2cc(SCC(=O)OC)c(Cl)cc2F)CCCC1. The first-order chi connectivity index (χ1) is 16.7. The molecule has 1 aromatic carbocycles. The van der Waals surface area contributed by atoms with Gasteiger partial charge in [0.05, 0.1) is 30.2 Å². The van der Waals surface area contributed by atoms with Crippen LogP contribution in [0.1, 0.15) is 51.9 Å². The summed E-state index contributed by atoms with van der Waals surface area (Å²) in [5.74, 6) is -4.47. The maximum absolute atomic E-state index is 15.0. The average Bonchev–Trinajstić information content (AvgIpc) is 2.86. The van der Waals surface area contributed by atoms with E-state index in [9.17, 15) is 23.6 Å². The normalized spacial score (nSPS) is 13.4. The highest BCUT2D eigenvalue weighted by Crippen LogP contribution is 2.36. The number of rotatable bonds is 11. The van der Waals surface area contributed by atoms with E-state index in [1.54, 1.807) is 0 Å². The predicted molar refractivity (Wildman–Crippen MR) is 133 cm³/mol. The largest absolute Gasteiger partial charge is 0.468 e. The van der Waals surface area contributed by atoms with E-state index in [1.165, 1.54) is 13.2 Å². The van der Waals surface area contributed by atoms with Crippen LogP contribution in [0, 0.1) is 5.82 Å². The van der Waals surface area contributed by atoms with Crippen molar-refractivity contribution in [1.29, 1.82) is 0 Å². The van der Waals surface area contributed by atoms with Crippen molar-refractivity contribution in [2.24, 2.45) is 0 Å². The summed E-state index contributed by atoms with van der Waals surface area (Å²) in [6.07, 6.45) is 4.44. The van der Waals surface area contributed by atoms with Gasteiger partial charge in [-0.15, -0.1) is 23.4 Å². The van der Waals surface area contributed by atoms with Crippen LogP contribution in [-0.2, 0) is 28.7 Å². The van der Waals surface area contributed by atoms with Gasteiger partial charge in [0.25, 0.3) is 5.91 Å². The zero-order valence-electron chi connectivity index (χ0n) is 19.7. The monoisotopic (exact) mass is 547 g/mol. The number of halogens is 3. The fourth-order valence-corrected chi connectivity index (χ4v) is 4.73. The first kappa shape index (κ1) is 29.1. The molecule has 0 unspecified atom stereocenters. The Morgan fingerprint density at radius 1 is 1.11 bits per heavy atom. The van der Waals surface area contributed by atoms with Gasteiger partial charge < -0.3 is 9.47 Å². The van der Waals surface area contributed by atoms with E-state index in [4.69, 9.17) is 27.9 Å². The number of nitrogens with zero attached hydrogens (tertiary/aromatic N) is 1. The molecule has 11 heteroatoms. The lowest BCUT2D eigenvalue weighted by atomic mass is 9.90. The number of anilines is 1. The summed E-state index contributed by atoms with van der Waals surface area (Å²) in [6.45, 7) is 2.26. The Morgan fingerprint density at radius 2 is 1.80 bits per heavy atom. The number of ether oxygens (including phenoxy) is 2. The third-order valence-electron chi connectivity index (χ3n) is 5.34. The molecule has 0 bridgehead atoms. The quantitative estimate of drug-likeness (QED) is 0.157. The molecule has 0 saturated carbocycles. The Bertz CT molecular complexity index is 1000. The van der Waals surface area contributed by atoms with Gasteiger partial charge in [0.1, 0.15) is 11.7 Å². The topological polar surface area (TPSA) is 90.0 Å². The summed E-state index contributed by atoms with van der Waals surface area (Å²) in [5.41, 5.74) is -0.0701. The molecule has 0 atom stereocenters. The second-order valence-corrected chi connectivity index (χ2v) is 9.47. The van der Waals surface area contributed by atoms with Crippen molar-refractivity contribution >= 4 is 64.4 Å². The number of methoxy groups -OCH3 is 1. The number of thioether (sulfide) groups is 1. The van der Waals surface area contributed by atoms with Gasteiger partial charge in [-0.3, -0.25) is 14.4 Å². The molecule has 192 valence electrons. The van der Waals surface area contributed by atoms with E-state index in [2.05, 4.69) is 4.74 Å². The summed E-state index contributed by atoms with van der Waals surface area (Å²) < 4.78 is 24.9. The maximum atomic E-state index is 15.0. The zero-order valence-corrected chi connectivity index (χ0v) is 22.0. The molecule has 0 heterocycles. The van der Waals surface area contributed by atoms with Crippen molar-refractivity contribution < 1.29 is 33.0 Å². The van der Waals surface area contributed by atoms with Crippen LogP contribution in [0.15, 0.2) is 28.2 Å². The van der Waals surface area contributed by atoms with E-state index in [-0.39, 0.29) is 45.5 Å². The molecule has 1 aliphatic rings. The van der Waals surface area contributed by atoms with Crippen molar-refractivity contribution in [3.63, 3.8) is 0 Å². The fourth-order valence-electron chi connectivity index (χ4n) is 3.52. The van der Waals surface area contributed by atoms with Crippen LogP contribution in [0.2, 0.25) is 5.02 Å². The van der Waals surface area contributed by atoms with Crippen molar-refractivity contribution in [2.75, 3.05) is 30.2 Å². The van der Waals surface area contributed by atoms with Gasteiger partial charge in [-0.25, -0.2) is 14.1 Å². The Labute approximate surface area is 218 Å². The van der Waals surface area contributed by atoms with Gasteiger partial charge in [0, 0.05) is 16.0 Å². The first-order valence-electron chi connectivity index (χ1n) is 11.3. The summed E-state index contributed by atoms with van der Waals surface area (Å²) >= 11 is 12.8. The molecule has 0 aromatic heterocycles. The number of amides is 2. The Morgan fingerprint density at radius 3 is 2.43 bits per heavy atom. The molecular formula is C24H28Cl2FNO6S. The third kappa shape index (κ3) is 7.95. The van der Waals surface area contributed by atoms with Gasteiger partial charge in [-0.05, 0) is 44.2 Å². The smallest absolute Gasteiger partial charge is 0.334 e. The Hall–Kier alpha value is -2.10. The molecule has 2 amide bonds. The van der Waals surface area contributed by atoms with Crippen LogP contribution in [0.5, 0.6) is 0 Å². The number of benzene rings is 1. The van der Waals surface area contributed by atoms with Crippen LogP contribution < -0.4 is 4.90 Å². The first-order valence-corrected chi connectivity index (χ1v) is 13.2. The molecule has 0 N–H and O–H groups in total. The van der Waals surface area contributed by atoms with Crippen molar-refractivity contribution in [3.05, 3.63) is 34.1 Å². The molecule has 7 nitrogen and oxygen atoms in total. The summed E-state index contributed by atoms with van der Waals surface area (Å²) in [4.78, 5) is 51.4. The van der Waals surface area contributed by atoms with Gasteiger partial charge in [-0.2, -0.15) is 0 Å². The number of unbranched alkanes of at least 4 members (excludes halogenated alkanes) is 2. The molecule has 35 heavy (non-hydrogen) atoms. The zero-order chi connectivity index (χ0) is 26.0. The summed E-state index contributed by atoms with van der Waals surface area (Å²) in [6, 6.07) is 2.16. The maximum Gasteiger partial charge on any atom is 0.334 e. The van der Waals surface area contributed by atoms with Gasteiger partial charge in [0.15, 0.2) is 0 Å². The van der Waals surface area contributed by atoms with Gasteiger partial charge in [0.2, 0.25) is 5.91 Å². The lowest BCUT2D eigenvalue weighted by Gasteiger charge is -2.26. The minimum absolute atomic E-state index is 0.000831. The standard InChI is InChI=1S/C24H28Cl2FNO6S/c1-3-4-7-10-34-24(32)16-9-6-5-8-15(16)23(31)28(21(29)13-25)19-12-20(17(26)11-18(19)27)35-14-22(30)33-2/h11-12H,3-10,13-14H2,1-2H3. The Balaban J connectivity index is 2.45. The number of alkyl halides is 1.